The van der Waals surface area contributed by atoms with Gasteiger partial charge in [-0.05, 0) is 24.7 Å². The number of nitrogens with two attached hydrogens (primary N) is 1. The number of methoxy groups -OCH3 is 1. The molecule has 1 aromatic rings. The van der Waals surface area contributed by atoms with Crippen molar-refractivity contribution in [3.8, 4) is 0 Å². The van der Waals surface area contributed by atoms with Gasteiger partial charge in [0.15, 0.2) is 5.69 Å². The van der Waals surface area contributed by atoms with Gasteiger partial charge in [-0.15, -0.1) is 11.8 Å². The summed E-state index contributed by atoms with van der Waals surface area (Å²) in [6.07, 6.45) is 2.30. The first-order valence-electron chi connectivity index (χ1n) is 5.68. The summed E-state index contributed by atoms with van der Waals surface area (Å²) in [6.45, 7) is 2.09. The van der Waals surface area contributed by atoms with E-state index in [4.69, 9.17) is 5.73 Å². The molecule has 0 radical (unpaired) electrons. The molecule has 0 spiro atoms. The normalized spacial score (nSPS) is 14.7. The van der Waals surface area contributed by atoms with E-state index >= 15 is 0 Å². The summed E-state index contributed by atoms with van der Waals surface area (Å²) in [5.41, 5.74) is 7.49. The molecule has 1 saturated carbocycles. The van der Waals surface area contributed by atoms with Gasteiger partial charge in [0.2, 0.25) is 0 Å². The Kier molecular flexibility index (Phi) is 3.57. The number of esters is 1. The Bertz CT molecular complexity index is 444. The van der Waals surface area contributed by atoms with Gasteiger partial charge in [-0.25, -0.2) is 9.78 Å². The average Bonchev–Trinajstić information content (AvgIpc) is 3.13. The Morgan fingerprint density at radius 1 is 1.65 bits per heavy atom. The van der Waals surface area contributed by atoms with Crippen molar-refractivity contribution in [2.45, 2.75) is 30.6 Å². The van der Waals surface area contributed by atoms with Gasteiger partial charge in [-0.2, -0.15) is 0 Å². The summed E-state index contributed by atoms with van der Waals surface area (Å²) in [4.78, 5) is 17.0. The quantitative estimate of drug-likeness (QED) is 0.658. The zero-order valence-corrected chi connectivity index (χ0v) is 10.8. The molecule has 2 rings (SSSR count). The zero-order chi connectivity index (χ0) is 12.4. The Labute approximate surface area is 105 Å². The third-order valence-electron chi connectivity index (χ3n) is 2.69. The smallest absolute Gasteiger partial charge is 0.358 e. The van der Waals surface area contributed by atoms with Crippen LogP contribution >= 0.6 is 11.8 Å². The molecule has 92 valence electrons. The highest BCUT2D eigenvalue weighted by atomic mass is 32.2. The SMILES string of the molecule is CCSc1cc(N)c(C(=O)OC)nc1C1CC1. The minimum atomic E-state index is -0.461. The number of hydrogen-bond donors (Lipinski definition) is 1. The molecule has 1 heterocycles. The third kappa shape index (κ3) is 2.54. The average molecular weight is 252 g/mol. The Morgan fingerprint density at radius 3 is 2.88 bits per heavy atom. The van der Waals surface area contributed by atoms with Gasteiger partial charge >= 0.3 is 5.97 Å². The minimum Gasteiger partial charge on any atom is -0.464 e. The number of aromatic nitrogens is 1. The molecule has 0 atom stereocenters. The molecule has 4 nitrogen and oxygen atoms in total. The Morgan fingerprint density at radius 2 is 2.35 bits per heavy atom. The molecule has 0 saturated heterocycles. The lowest BCUT2D eigenvalue weighted by Crippen LogP contribution is -2.10. The van der Waals surface area contributed by atoms with Gasteiger partial charge in [0.1, 0.15) is 0 Å². The number of carbonyl (C=O) groups excluding carboxylic acids is 1. The van der Waals surface area contributed by atoms with Crippen LogP contribution in [-0.2, 0) is 4.74 Å². The molecule has 1 fully saturated rings. The fourth-order valence-electron chi connectivity index (χ4n) is 1.70. The van der Waals surface area contributed by atoms with Crippen molar-refractivity contribution in [1.29, 1.82) is 0 Å². The van der Waals surface area contributed by atoms with E-state index in [1.54, 1.807) is 11.8 Å². The molecule has 0 aliphatic heterocycles. The van der Waals surface area contributed by atoms with Crippen LogP contribution < -0.4 is 5.73 Å². The van der Waals surface area contributed by atoms with E-state index < -0.39 is 5.97 Å². The summed E-state index contributed by atoms with van der Waals surface area (Å²) < 4.78 is 4.68. The monoisotopic (exact) mass is 252 g/mol. The zero-order valence-electron chi connectivity index (χ0n) is 10.0. The van der Waals surface area contributed by atoms with Gasteiger partial charge < -0.3 is 10.5 Å². The van der Waals surface area contributed by atoms with Crippen molar-refractivity contribution in [3.63, 3.8) is 0 Å². The first kappa shape index (κ1) is 12.2. The maximum absolute atomic E-state index is 11.5. The van der Waals surface area contributed by atoms with Crippen LogP contribution in [0, 0.1) is 0 Å². The highest BCUT2D eigenvalue weighted by molar-refractivity contribution is 7.99. The lowest BCUT2D eigenvalue weighted by molar-refractivity contribution is 0.0595. The first-order valence-corrected chi connectivity index (χ1v) is 6.67. The number of thioether (sulfide) groups is 1. The molecule has 0 unspecified atom stereocenters. The van der Waals surface area contributed by atoms with Crippen molar-refractivity contribution < 1.29 is 9.53 Å². The number of rotatable bonds is 4. The molecule has 17 heavy (non-hydrogen) atoms. The van der Waals surface area contributed by atoms with Crippen molar-refractivity contribution in [2.24, 2.45) is 0 Å². The molecular weight excluding hydrogens is 236 g/mol. The van der Waals surface area contributed by atoms with E-state index in [-0.39, 0.29) is 5.69 Å². The second-order valence-corrected chi connectivity index (χ2v) is 5.31. The molecule has 2 N–H and O–H groups in total. The summed E-state index contributed by atoms with van der Waals surface area (Å²) in [7, 11) is 1.34. The van der Waals surface area contributed by atoms with Crippen LogP contribution in [0.5, 0.6) is 0 Å². The number of ether oxygens (including phenoxy) is 1. The number of nitrogens with zero attached hydrogens (tertiary/aromatic N) is 1. The van der Waals surface area contributed by atoms with Crippen molar-refractivity contribution in [2.75, 3.05) is 18.6 Å². The Balaban J connectivity index is 2.42. The Hall–Kier alpha value is -1.23. The first-order chi connectivity index (χ1) is 8.17. The highest BCUT2D eigenvalue weighted by Gasteiger charge is 2.29. The fourth-order valence-corrected chi connectivity index (χ4v) is 2.59. The number of nitrogen functional groups attached to an aromatic ring is 1. The van der Waals surface area contributed by atoms with E-state index in [1.165, 1.54) is 7.11 Å². The standard InChI is InChI=1S/C12H16N2O2S/c1-3-17-9-6-8(13)11(12(15)16-2)14-10(9)7-4-5-7/h6-7H,3-5,13H2,1-2H3. The van der Waals surface area contributed by atoms with Gasteiger partial charge in [-0.1, -0.05) is 6.92 Å². The van der Waals surface area contributed by atoms with Gasteiger partial charge in [0.25, 0.3) is 0 Å². The third-order valence-corrected chi connectivity index (χ3v) is 3.61. The molecule has 0 amide bonds. The second-order valence-electron chi connectivity index (χ2n) is 4.01. The highest BCUT2D eigenvalue weighted by Crippen LogP contribution is 2.44. The van der Waals surface area contributed by atoms with Crippen molar-refractivity contribution >= 4 is 23.4 Å². The van der Waals surface area contributed by atoms with Crippen LogP contribution in [0.15, 0.2) is 11.0 Å². The van der Waals surface area contributed by atoms with E-state index in [2.05, 4.69) is 16.6 Å². The second kappa shape index (κ2) is 4.96. The van der Waals surface area contributed by atoms with E-state index in [1.807, 2.05) is 6.07 Å². The van der Waals surface area contributed by atoms with Gasteiger partial charge in [0, 0.05) is 10.8 Å². The topological polar surface area (TPSA) is 65.2 Å². The lowest BCUT2D eigenvalue weighted by atomic mass is 10.2. The van der Waals surface area contributed by atoms with Crippen LogP contribution in [0.2, 0.25) is 0 Å². The van der Waals surface area contributed by atoms with Crippen LogP contribution in [0.25, 0.3) is 0 Å². The number of hydrogen-bond acceptors (Lipinski definition) is 5. The molecule has 1 aliphatic carbocycles. The molecule has 1 aromatic heterocycles. The molecule has 5 heteroatoms. The fraction of sp³-hybridized carbons (Fsp3) is 0.500. The number of anilines is 1. The van der Waals surface area contributed by atoms with Crippen LogP contribution in [-0.4, -0.2) is 23.8 Å². The minimum absolute atomic E-state index is 0.245. The largest absolute Gasteiger partial charge is 0.464 e. The van der Waals surface area contributed by atoms with Crippen LogP contribution in [0.4, 0.5) is 5.69 Å². The van der Waals surface area contributed by atoms with Crippen LogP contribution in [0.3, 0.4) is 0 Å². The molecule has 0 bridgehead atoms. The van der Waals surface area contributed by atoms with Crippen LogP contribution in [0.1, 0.15) is 41.9 Å². The van der Waals surface area contributed by atoms with Crippen molar-refractivity contribution in [3.05, 3.63) is 17.5 Å². The van der Waals surface area contributed by atoms with E-state index in [9.17, 15) is 4.79 Å². The molecular formula is C12H16N2O2S. The summed E-state index contributed by atoms with van der Waals surface area (Å²) in [5.74, 6) is 1.00. The number of pyridine rings is 1. The predicted octanol–water partition coefficient (Wildman–Crippen LogP) is 2.44. The van der Waals surface area contributed by atoms with Gasteiger partial charge in [0.05, 0.1) is 18.5 Å². The predicted molar refractivity (Wildman–Crippen MR) is 68.4 cm³/mol. The molecule has 1 aliphatic rings. The lowest BCUT2D eigenvalue weighted by Gasteiger charge is -2.10. The van der Waals surface area contributed by atoms with Crippen molar-refractivity contribution in [1.82, 2.24) is 4.98 Å². The molecule has 0 aromatic carbocycles. The summed E-state index contributed by atoms with van der Waals surface area (Å²) >= 11 is 1.72. The number of carbonyl (C=O) groups is 1. The summed E-state index contributed by atoms with van der Waals surface area (Å²) in [5, 5.41) is 0. The van der Waals surface area contributed by atoms with E-state index in [0.717, 1.165) is 29.2 Å². The summed E-state index contributed by atoms with van der Waals surface area (Å²) in [6, 6.07) is 1.85. The maximum Gasteiger partial charge on any atom is 0.358 e. The maximum atomic E-state index is 11.5. The van der Waals surface area contributed by atoms with Gasteiger partial charge in [-0.3, -0.25) is 0 Å². The van der Waals surface area contributed by atoms with E-state index in [0.29, 0.717) is 11.6 Å².